The van der Waals surface area contributed by atoms with Crippen LogP contribution in [-0.2, 0) is 0 Å². The monoisotopic (exact) mass is 401 g/mol. The predicted molar refractivity (Wildman–Crippen MR) is 93.1 cm³/mol. The molecule has 0 aliphatic carbocycles. The number of nitrogens with two attached hydrogens (primary N) is 1. The number of nitrogens with one attached hydrogen (secondary N) is 1. The second-order valence-corrected chi connectivity index (χ2v) is 5.68. The van der Waals surface area contributed by atoms with Gasteiger partial charge < -0.3 is 11.1 Å². The SMILES string of the molecule is Cc1nc(-c2ccc(F)cc2)sc1C(=O)NCC(F)(F)CN.Cl.Cl. The Bertz CT molecular complexity index is 680. The van der Waals surface area contributed by atoms with Crippen LogP contribution in [-0.4, -0.2) is 29.9 Å². The Morgan fingerprint density at radius 1 is 1.29 bits per heavy atom. The first-order chi connectivity index (χ1) is 10.3. The van der Waals surface area contributed by atoms with Gasteiger partial charge in [0.2, 0.25) is 0 Å². The van der Waals surface area contributed by atoms with Crippen molar-refractivity contribution in [3.8, 4) is 10.6 Å². The van der Waals surface area contributed by atoms with Gasteiger partial charge in [-0.1, -0.05) is 0 Å². The molecule has 0 unspecified atom stereocenters. The molecule has 2 rings (SSSR count). The van der Waals surface area contributed by atoms with E-state index in [1.807, 2.05) is 0 Å². The Hall–Kier alpha value is -1.35. The lowest BCUT2D eigenvalue weighted by Crippen LogP contribution is -2.41. The van der Waals surface area contributed by atoms with Gasteiger partial charge >= 0.3 is 0 Å². The predicted octanol–water partition coefficient (Wildman–Crippen LogP) is 3.43. The van der Waals surface area contributed by atoms with E-state index in [0.29, 0.717) is 16.3 Å². The molecule has 4 nitrogen and oxygen atoms in total. The van der Waals surface area contributed by atoms with Gasteiger partial charge in [0.05, 0.1) is 18.8 Å². The number of aryl methyl sites for hydroxylation is 1. The van der Waals surface area contributed by atoms with Crippen molar-refractivity contribution in [3.63, 3.8) is 0 Å². The molecular formula is C14H16Cl2F3N3OS. The van der Waals surface area contributed by atoms with Crippen LogP contribution in [0.15, 0.2) is 24.3 Å². The Morgan fingerprint density at radius 2 is 1.88 bits per heavy atom. The number of carbonyl (C=O) groups excluding carboxylic acids is 1. The molecule has 0 radical (unpaired) electrons. The van der Waals surface area contributed by atoms with Crippen LogP contribution in [0.5, 0.6) is 0 Å². The molecule has 2 aromatic rings. The highest BCUT2D eigenvalue weighted by Crippen LogP contribution is 2.28. The molecule has 10 heteroatoms. The molecule has 24 heavy (non-hydrogen) atoms. The van der Waals surface area contributed by atoms with Crippen molar-refractivity contribution in [1.29, 1.82) is 0 Å². The number of amides is 1. The van der Waals surface area contributed by atoms with Crippen molar-refractivity contribution in [3.05, 3.63) is 40.7 Å². The molecule has 0 saturated carbocycles. The highest BCUT2D eigenvalue weighted by atomic mass is 35.5. The van der Waals surface area contributed by atoms with Gasteiger partial charge in [0, 0.05) is 5.56 Å². The fraction of sp³-hybridized carbons (Fsp3) is 0.286. The third-order valence-corrected chi connectivity index (χ3v) is 4.11. The first kappa shape index (κ1) is 22.6. The molecule has 1 aromatic carbocycles. The first-order valence-corrected chi connectivity index (χ1v) is 7.23. The van der Waals surface area contributed by atoms with Gasteiger partial charge in [0.1, 0.15) is 15.7 Å². The molecule has 0 aliphatic heterocycles. The van der Waals surface area contributed by atoms with Gasteiger partial charge in [-0.25, -0.2) is 18.2 Å². The molecule has 0 spiro atoms. The van der Waals surface area contributed by atoms with Crippen molar-refractivity contribution < 1.29 is 18.0 Å². The largest absolute Gasteiger partial charge is 0.345 e. The number of hydrogen-bond donors (Lipinski definition) is 2. The minimum Gasteiger partial charge on any atom is -0.345 e. The quantitative estimate of drug-likeness (QED) is 0.806. The molecule has 1 amide bonds. The molecule has 0 aliphatic rings. The molecular weight excluding hydrogens is 386 g/mol. The topological polar surface area (TPSA) is 68.0 Å². The highest BCUT2D eigenvalue weighted by Gasteiger charge is 2.28. The highest BCUT2D eigenvalue weighted by molar-refractivity contribution is 7.17. The van der Waals surface area contributed by atoms with Crippen molar-refractivity contribution in [1.82, 2.24) is 10.3 Å². The van der Waals surface area contributed by atoms with Crippen molar-refractivity contribution in [2.75, 3.05) is 13.1 Å². The fourth-order valence-corrected chi connectivity index (χ4v) is 2.67. The summed E-state index contributed by atoms with van der Waals surface area (Å²) in [5, 5.41) is 2.67. The number of halogens is 5. The summed E-state index contributed by atoms with van der Waals surface area (Å²) >= 11 is 1.06. The first-order valence-electron chi connectivity index (χ1n) is 6.42. The van der Waals surface area contributed by atoms with Crippen molar-refractivity contribution >= 4 is 42.1 Å². The van der Waals surface area contributed by atoms with E-state index < -0.39 is 24.9 Å². The molecule has 1 heterocycles. The molecule has 0 saturated heterocycles. The second kappa shape index (κ2) is 9.22. The normalized spacial score (nSPS) is 10.5. The average molecular weight is 402 g/mol. The summed E-state index contributed by atoms with van der Waals surface area (Å²) in [6.07, 6.45) is 0. The number of nitrogens with zero attached hydrogens (tertiary/aromatic N) is 1. The van der Waals surface area contributed by atoms with E-state index >= 15 is 0 Å². The third kappa shape index (κ3) is 5.62. The number of alkyl halides is 2. The van der Waals surface area contributed by atoms with Gasteiger partial charge in [-0.3, -0.25) is 4.79 Å². The van der Waals surface area contributed by atoms with E-state index in [0.717, 1.165) is 11.3 Å². The zero-order valence-electron chi connectivity index (χ0n) is 12.5. The molecule has 0 fully saturated rings. The summed E-state index contributed by atoms with van der Waals surface area (Å²) in [5.74, 6) is -4.15. The lowest BCUT2D eigenvalue weighted by atomic mass is 10.2. The third-order valence-electron chi connectivity index (χ3n) is 2.90. The smallest absolute Gasteiger partial charge is 0.277 e. The number of thiazole rings is 1. The van der Waals surface area contributed by atoms with Gasteiger partial charge in [-0.2, -0.15) is 0 Å². The van der Waals surface area contributed by atoms with Crippen molar-refractivity contribution in [2.24, 2.45) is 5.73 Å². The van der Waals surface area contributed by atoms with Gasteiger partial charge in [0.25, 0.3) is 11.8 Å². The Kier molecular flexibility index (Phi) is 8.70. The summed E-state index contributed by atoms with van der Waals surface area (Å²) in [6, 6.07) is 5.65. The van der Waals surface area contributed by atoms with Crippen LogP contribution in [0.1, 0.15) is 15.4 Å². The minimum atomic E-state index is -3.14. The second-order valence-electron chi connectivity index (χ2n) is 4.68. The number of aromatic nitrogens is 1. The van der Waals surface area contributed by atoms with E-state index in [-0.39, 0.29) is 35.5 Å². The molecule has 3 N–H and O–H groups in total. The van der Waals surface area contributed by atoms with Crippen LogP contribution in [0, 0.1) is 12.7 Å². The zero-order valence-corrected chi connectivity index (χ0v) is 15.0. The summed E-state index contributed by atoms with van der Waals surface area (Å²) in [7, 11) is 0. The van der Waals surface area contributed by atoms with Crippen LogP contribution in [0.2, 0.25) is 0 Å². The van der Waals surface area contributed by atoms with Crippen LogP contribution >= 0.6 is 36.2 Å². The Morgan fingerprint density at radius 3 is 2.42 bits per heavy atom. The molecule has 0 bridgehead atoms. The van der Waals surface area contributed by atoms with Gasteiger partial charge in [-0.05, 0) is 31.2 Å². The molecule has 134 valence electrons. The maximum absolute atomic E-state index is 13.1. The molecule has 0 atom stereocenters. The van der Waals surface area contributed by atoms with E-state index in [1.165, 1.54) is 24.3 Å². The number of rotatable bonds is 5. The van der Waals surface area contributed by atoms with E-state index in [2.05, 4.69) is 10.3 Å². The number of benzene rings is 1. The van der Waals surface area contributed by atoms with E-state index in [9.17, 15) is 18.0 Å². The Labute approximate surface area is 153 Å². The number of hydrogen-bond acceptors (Lipinski definition) is 4. The van der Waals surface area contributed by atoms with E-state index in [1.54, 1.807) is 6.92 Å². The van der Waals surface area contributed by atoms with Gasteiger partial charge in [-0.15, -0.1) is 36.2 Å². The van der Waals surface area contributed by atoms with Crippen LogP contribution < -0.4 is 11.1 Å². The van der Waals surface area contributed by atoms with Crippen LogP contribution in [0.4, 0.5) is 13.2 Å². The maximum atomic E-state index is 13.1. The summed E-state index contributed by atoms with van der Waals surface area (Å²) in [6.45, 7) is -0.0547. The zero-order chi connectivity index (χ0) is 16.3. The fourth-order valence-electron chi connectivity index (χ4n) is 1.69. The van der Waals surface area contributed by atoms with Gasteiger partial charge in [0.15, 0.2) is 0 Å². The van der Waals surface area contributed by atoms with Crippen LogP contribution in [0.3, 0.4) is 0 Å². The van der Waals surface area contributed by atoms with E-state index in [4.69, 9.17) is 5.73 Å². The Balaban J connectivity index is 0.00000264. The minimum absolute atomic E-state index is 0. The maximum Gasteiger partial charge on any atom is 0.277 e. The van der Waals surface area contributed by atoms with Crippen molar-refractivity contribution in [2.45, 2.75) is 12.8 Å². The average Bonchev–Trinajstić information content (AvgIpc) is 2.88. The lowest BCUT2D eigenvalue weighted by Gasteiger charge is -2.13. The van der Waals surface area contributed by atoms with Crippen LogP contribution in [0.25, 0.3) is 10.6 Å². The molecule has 1 aromatic heterocycles. The lowest BCUT2D eigenvalue weighted by molar-refractivity contribution is 0.0119. The summed E-state index contributed by atoms with van der Waals surface area (Å²) < 4.78 is 39.0. The standard InChI is InChI=1S/C14H14F3N3OS.2ClH/c1-8-11(12(21)19-7-14(16,17)6-18)22-13(20-8)9-2-4-10(15)5-3-9;;/h2-5H,6-7,18H2,1H3,(H,19,21);2*1H. The summed E-state index contributed by atoms with van der Waals surface area (Å²) in [5.41, 5.74) is 5.99. The summed E-state index contributed by atoms with van der Waals surface area (Å²) in [4.78, 5) is 16.4. The number of carbonyl (C=O) groups is 1.